The van der Waals surface area contributed by atoms with Crippen molar-refractivity contribution in [1.29, 1.82) is 0 Å². The summed E-state index contributed by atoms with van der Waals surface area (Å²) < 4.78 is 5.34. The zero-order valence-corrected chi connectivity index (χ0v) is 10.2. The molecule has 2 N–H and O–H groups in total. The Labute approximate surface area is 106 Å². The number of methoxy groups -OCH3 is 1. The molecule has 0 heterocycles. The number of para-hydroxylation sites is 1. The van der Waals surface area contributed by atoms with Gasteiger partial charge >= 0.3 is 0 Å². The summed E-state index contributed by atoms with van der Waals surface area (Å²) in [5.74, 6) is 0.451. The lowest BCUT2D eigenvalue weighted by atomic mass is 9.97. The molecule has 0 aliphatic rings. The minimum atomic E-state index is -0.336. The summed E-state index contributed by atoms with van der Waals surface area (Å²) >= 11 is 0. The van der Waals surface area contributed by atoms with E-state index in [1.165, 1.54) is 0 Å². The molecule has 1 amide bonds. The van der Waals surface area contributed by atoms with E-state index in [2.05, 4.69) is 0 Å². The predicted octanol–water partition coefficient (Wildman–Crippen LogP) is 2.39. The summed E-state index contributed by atoms with van der Waals surface area (Å²) in [7, 11) is 1.63. The number of hydrogen-bond donors (Lipinski definition) is 1. The Morgan fingerprint density at radius 1 is 1.06 bits per heavy atom. The normalized spacial score (nSPS) is 10.1. The summed E-state index contributed by atoms with van der Waals surface area (Å²) in [5, 5.41) is 0. The topological polar surface area (TPSA) is 52.3 Å². The van der Waals surface area contributed by atoms with Crippen LogP contribution in [0.1, 0.15) is 5.56 Å². The van der Waals surface area contributed by atoms with Gasteiger partial charge in [-0.15, -0.1) is 0 Å². The molecule has 0 aliphatic carbocycles. The monoisotopic (exact) mass is 241 g/mol. The van der Waals surface area contributed by atoms with Crippen molar-refractivity contribution >= 4 is 5.91 Å². The van der Waals surface area contributed by atoms with Gasteiger partial charge in [-0.3, -0.25) is 4.79 Å². The Morgan fingerprint density at radius 3 is 2.33 bits per heavy atom. The van der Waals surface area contributed by atoms with Crippen molar-refractivity contribution in [2.75, 3.05) is 7.11 Å². The van der Waals surface area contributed by atoms with E-state index in [-0.39, 0.29) is 12.3 Å². The fraction of sp³-hybridized carbons (Fsp3) is 0.133. The third kappa shape index (κ3) is 2.51. The van der Waals surface area contributed by atoms with Gasteiger partial charge in [0, 0.05) is 5.56 Å². The Bertz CT molecular complexity index is 564. The second-order valence-electron chi connectivity index (χ2n) is 4.00. The number of benzene rings is 2. The number of rotatable bonds is 4. The molecule has 0 aromatic heterocycles. The number of ether oxygens (including phenoxy) is 1. The quantitative estimate of drug-likeness (QED) is 0.893. The van der Waals surface area contributed by atoms with E-state index >= 15 is 0 Å². The van der Waals surface area contributed by atoms with E-state index in [9.17, 15) is 4.79 Å². The maximum Gasteiger partial charge on any atom is 0.221 e. The van der Waals surface area contributed by atoms with Crippen LogP contribution in [0.4, 0.5) is 0 Å². The summed E-state index contributed by atoms with van der Waals surface area (Å²) in [6, 6.07) is 15.4. The van der Waals surface area contributed by atoms with Crippen LogP contribution < -0.4 is 10.5 Å². The lowest BCUT2D eigenvalue weighted by Gasteiger charge is -2.12. The van der Waals surface area contributed by atoms with Gasteiger partial charge in [-0.25, -0.2) is 0 Å². The molecule has 18 heavy (non-hydrogen) atoms. The van der Waals surface area contributed by atoms with E-state index in [0.717, 1.165) is 22.4 Å². The van der Waals surface area contributed by atoms with E-state index < -0.39 is 0 Å². The van der Waals surface area contributed by atoms with Crippen molar-refractivity contribution in [3.63, 3.8) is 0 Å². The molecule has 0 fully saturated rings. The maximum atomic E-state index is 11.1. The van der Waals surface area contributed by atoms with Crippen molar-refractivity contribution in [2.24, 2.45) is 5.73 Å². The van der Waals surface area contributed by atoms with Gasteiger partial charge in [0.2, 0.25) is 5.91 Å². The molecule has 0 radical (unpaired) electrons. The van der Waals surface area contributed by atoms with Crippen LogP contribution in [0.2, 0.25) is 0 Å². The van der Waals surface area contributed by atoms with Crippen LogP contribution in [0, 0.1) is 0 Å². The third-order valence-electron chi connectivity index (χ3n) is 2.78. The lowest BCUT2D eigenvalue weighted by molar-refractivity contribution is -0.117. The van der Waals surface area contributed by atoms with Gasteiger partial charge in [0.15, 0.2) is 0 Å². The molecule has 0 saturated heterocycles. The Hall–Kier alpha value is -2.29. The second-order valence-corrected chi connectivity index (χ2v) is 4.00. The Morgan fingerprint density at radius 2 is 1.67 bits per heavy atom. The van der Waals surface area contributed by atoms with E-state index in [1.807, 2.05) is 48.5 Å². The van der Waals surface area contributed by atoms with E-state index in [0.29, 0.717) is 0 Å². The van der Waals surface area contributed by atoms with Crippen molar-refractivity contribution in [2.45, 2.75) is 6.42 Å². The summed E-state index contributed by atoms with van der Waals surface area (Å²) in [6.07, 6.45) is 0.230. The Kier molecular flexibility index (Phi) is 3.63. The molecule has 2 aromatic rings. The third-order valence-corrected chi connectivity index (χ3v) is 2.78. The highest BCUT2D eigenvalue weighted by Crippen LogP contribution is 2.32. The highest BCUT2D eigenvalue weighted by atomic mass is 16.5. The van der Waals surface area contributed by atoms with Crippen LogP contribution in [-0.4, -0.2) is 13.0 Å². The highest BCUT2D eigenvalue weighted by Gasteiger charge is 2.10. The first kappa shape index (κ1) is 12.2. The molecule has 3 heteroatoms. The van der Waals surface area contributed by atoms with Crippen molar-refractivity contribution in [3.05, 3.63) is 54.1 Å². The minimum Gasteiger partial charge on any atom is -0.496 e. The molecule has 0 atom stereocenters. The molecule has 0 spiro atoms. The van der Waals surface area contributed by atoms with Gasteiger partial charge in [0.05, 0.1) is 13.5 Å². The number of carbonyl (C=O) groups is 1. The van der Waals surface area contributed by atoms with Crippen molar-refractivity contribution in [3.8, 4) is 16.9 Å². The van der Waals surface area contributed by atoms with Crippen LogP contribution in [-0.2, 0) is 11.2 Å². The molecule has 92 valence electrons. The molecule has 0 bridgehead atoms. The Balaban J connectivity index is 2.53. The smallest absolute Gasteiger partial charge is 0.221 e. The maximum absolute atomic E-state index is 11.1. The largest absolute Gasteiger partial charge is 0.496 e. The van der Waals surface area contributed by atoms with Gasteiger partial charge < -0.3 is 10.5 Å². The first-order valence-corrected chi connectivity index (χ1v) is 5.72. The zero-order chi connectivity index (χ0) is 13.0. The molecule has 0 aliphatic heterocycles. The number of primary amides is 1. The van der Waals surface area contributed by atoms with Gasteiger partial charge in [-0.1, -0.05) is 42.5 Å². The molecule has 3 nitrogen and oxygen atoms in total. The fourth-order valence-electron chi connectivity index (χ4n) is 1.99. The van der Waals surface area contributed by atoms with Gasteiger partial charge in [0.1, 0.15) is 5.75 Å². The standard InChI is InChI=1S/C15H15NO2/c1-18-14-9-5-4-8-13(14)12-7-3-2-6-11(12)10-15(16)17/h2-9H,10H2,1H3,(H2,16,17). The van der Waals surface area contributed by atoms with Crippen molar-refractivity contribution < 1.29 is 9.53 Å². The average Bonchev–Trinajstić information content (AvgIpc) is 2.39. The number of nitrogens with two attached hydrogens (primary N) is 1. The SMILES string of the molecule is COc1ccccc1-c1ccccc1CC(N)=O. The van der Waals surface area contributed by atoms with Crippen LogP contribution >= 0.6 is 0 Å². The molecule has 0 saturated carbocycles. The van der Waals surface area contributed by atoms with Gasteiger partial charge in [-0.2, -0.15) is 0 Å². The first-order chi connectivity index (χ1) is 8.72. The van der Waals surface area contributed by atoms with E-state index in [1.54, 1.807) is 7.11 Å². The zero-order valence-electron chi connectivity index (χ0n) is 10.2. The number of carbonyl (C=O) groups excluding carboxylic acids is 1. The summed E-state index contributed by atoms with van der Waals surface area (Å²) in [5.41, 5.74) is 8.13. The van der Waals surface area contributed by atoms with E-state index in [4.69, 9.17) is 10.5 Å². The van der Waals surface area contributed by atoms with Crippen LogP contribution in [0.25, 0.3) is 11.1 Å². The first-order valence-electron chi connectivity index (χ1n) is 5.72. The minimum absolute atomic E-state index is 0.230. The van der Waals surface area contributed by atoms with Crippen LogP contribution in [0.3, 0.4) is 0 Å². The van der Waals surface area contributed by atoms with Crippen molar-refractivity contribution in [1.82, 2.24) is 0 Å². The molecule has 2 aromatic carbocycles. The summed E-state index contributed by atoms with van der Waals surface area (Å²) in [4.78, 5) is 11.1. The van der Waals surface area contributed by atoms with Gasteiger partial charge in [-0.05, 0) is 17.2 Å². The molecular formula is C15H15NO2. The predicted molar refractivity (Wildman–Crippen MR) is 71.3 cm³/mol. The average molecular weight is 241 g/mol. The van der Waals surface area contributed by atoms with Crippen LogP contribution in [0.5, 0.6) is 5.75 Å². The fourth-order valence-corrected chi connectivity index (χ4v) is 1.99. The highest BCUT2D eigenvalue weighted by molar-refractivity contribution is 5.82. The molecule has 2 rings (SSSR count). The van der Waals surface area contributed by atoms with Crippen LogP contribution in [0.15, 0.2) is 48.5 Å². The second kappa shape index (κ2) is 5.36. The number of hydrogen-bond acceptors (Lipinski definition) is 2. The summed E-state index contributed by atoms with van der Waals surface area (Å²) in [6.45, 7) is 0. The van der Waals surface area contributed by atoms with Gasteiger partial charge in [0.25, 0.3) is 0 Å². The molecular weight excluding hydrogens is 226 g/mol. The molecule has 0 unspecified atom stereocenters. The number of amides is 1. The lowest BCUT2D eigenvalue weighted by Crippen LogP contribution is -2.14.